The summed E-state index contributed by atoms with van der Waals surface area (Å²) in [5.41, 5.74) is 3.26. The standard InChI is InChI=1S/C31H41N3O8S2Si/c1-6-45(7-2,8-3)42-21(5)26-27-20(4)29(43-16-13-25-24(32-19-44-25)18-40-15-14-35)28(33(27)30(26)36)31(37)41-17-22-9-11-23(12-10-22)34(38)39/h9-13,16,19-21,26-27,35H,6-8,14-15,17-18H2,1-5H3/b16-13-/t20-,21-,26-,27-/m1/s1. The minimum atomic E-state index is -1.97. The molecule has 1 saturated heterocycles. The summed E-state index contributed by atoms with van der Waals surface area (Å²) in [6.45, 7) is 10.8. The normalized spacial score (nSPS) is 20.4. The van der Waals surface area contributed by atoms with Crippen LogP contribution in [0.15, 0.2) is 45.8 Å². The van der Waals surface area contributed by atoms with Gasteiger partial charge in [0.1, 0.15) is 12.3 Å². The molecule has 4 atom stereocenters. The van der Waals surface area contributed by atoms with Gasteiger partial charge in [-0.25, -0.2) is 9.78 Å². The lowest BCUT2D eigenvalue weighted by Gasteiger charge is -2.49. The van der Waals surface area contributed by atoms with Gasteiger partial charge in [-0.1, -0.05) is 39.5 Å². The maximum atomic E-state index is 13.7. The van der Waals surface area contributed by atoms with E-state index in [9.17, 15) is 19.7 Å². The van der Waals surface area contributed by atoms with Crippen LogP contribution in [0.4, 0.5) is 5.69 Å². The fourth-order valence-corrected chi connectivity index (χ4v) is 10.7. The minimum Gasteiger partial charge on any atom is -0.456 e. The number of nitro groups is 1. The first-order chi connectivity index (χ1) is 21.6. The van der Waals surface area contributed by atoms with E-state index in [0.717, 1.165) is 33.6 Å². The van der Waals surface area contributed by atoms with Crippen LogP contribution in [0.3, 0.4) is 0 Å². The number of β-lactam (4-membered cyclic amide) rings is 1. The number of non-ortho nitro benzene ring substituents is 1. The van der Waals surface area contributed by atoms with Crippen molar-refractivity contribution >= 4 is 55.1 Å². The second kappa shape index (κ2) is 15.6. The van der Waals surface area contributed by atoms with E-state index in [4.69, 9.17) is 19.0 Å². The van der Waals surface area contributed by atoms with Crippen LogP contribution in [-0.4, -0.2) is 65.5 Å². The van der Waals surface area contributed by atoms with Crippen LogP contribution in [0.25, 0.3) is 6.08 Å². The summed E-state index contributed by atoms with van der Waals surface area (Å²) in [6, 6.07) is 8.52. The van der Waals surface area contributed by atoms with Gasteiger partial charge in [0.25, 0.3) is 5.69 Å². The van der Waals surface area contributed by atoms with Crippen molar-refractivity contribution in [3.8, 4) is 0 Å². The summed E-state index contributed by atoms with van der Waals surface area (Å²) in [4.78, 5) is 45.5. The van der Waals surface area contributed by atoms with Crippen LogP contribution < -0.4 is 0 Å². The number of benzene rings is 1. The van der Waals surface area contributed by atoms with E-state index in [1.165, 1.54) is 35.2 Å². The van der Waals surface area contributed by atoms with Crippen molar-refractivity contribution in [1.82, 2.24) is 9.88 Å². The molecule has 14 heteroatoms. The fourth-order valence-electron chi connectivity index (χ4n) is 5.98. The lowest BCUT2D eigenvalue weighted by Crippen LogP contribution is -2.65. The highest BCUT2D eigenvalue weighted by Gasteiger charge is 2.61. The van der Waals surface area contributed by atoms with Gasteiger partial charge in [-0.2, -0.15) is 0 Å². The molecule has 2 aromatic rings. The molecular formula is C31H41N3O8S2Si. The zero-order valence-electron chi connectivity index (χ0n) is 26.3. The van der Waals surface area contributed by atoms with Gasteiger partial charge in [-0.15, -0.1) is 11.3 Å². The predicted molar refractivity (Wildman–Crippen MR) is 176 cm³/mol. The number of nitrogens with zero attached hydrogens (tertiary/aromatic N) is 3. The minimum absolute atomic E-state index is 0.0513. The molecule has 1 fully saturated rings. The molecule has 2 aliphatic rings. The topological polar surface area (TPSA) is 141 Å². The van der Waals surface area contributed by atoms with Crippen molar-refractivity contribution in [1.29, 1.82) is 0 Å². The fraction of sp³-hybridized carbons (Fsp3) is 0.516. The first-order valence-electron chi connectivity index (χ1n) is 15.2. The number of aliphatic hydroxyl groups is 1. The van der Waals surface area contributed by atoms with Crippen molar-refractivity contribution in [3.63, 3.8) is 0 Å². The van der Waals surface area contributed by atoms with E-state index in [0.29, 0.717) is 5.56 Å². The second-order valence-corrected chi connectivity index (χ2v) is 17.7. The van der Waals surface area contributed by atoms with Crippen LogP contribution in [0.2, 0.25) is 18.1 Å². The van der Waals surface area contributed by atoms with Gasteiger partial charge >= 0.3 is 5.97 Å². The van der Waals surface area contributed by atoms with E-state index < -0.39 is 19.2 Å². The monoisotopic (exact) mass is 675 g/mol. The maximum absolute atomic E-state index is 13.7. The Hall–Kier alpha value is -2.88. The van der Waals surface area contributed by atoms with Crippen LogP contribution in [-0.2, 0) is 36.7 Å². The second-order valence-electron chi connectivity index (χ2n) is 11.2. The smallest absolute Gasteiger partial charge is 0.356 e. The number of ether oxygens (including phenoxy) is 2. The van der Waals surface area contributed by atoms with Gasteiger partial charge in [0.2, 0.25) is 5.91 Å². The Bertz CT molecular complexity index is 1420. The largest absolute Gasteiger partial charge is 0.456 e. The van der Waals surface area contributed by atoms with Crippen molar-refractivity contribution < 1.29 is 33.5 Å². The van der Waals surface area contributed by atoms with Crippen molar-refractivity contribution in [3.05, 3.63) is 72.0 Å². The summed E-state index contributed by atoms with van der Waals surface area (Å²) in [5.74, 6) is -1.26. The molecule has 0 saturated carbocycles. The Balaban J connectivity index is 1.57. The van der Waals surface area contributed by atoms with E-state index in [1.54, 1.807) is 22.5 Å². The molecule has 45 heavy (non-hydrogen) atoms. The zero-order chi connectivity index (χ0) is 32.7. The number of carbonyl (C=O) groups is 2. The first kappa shape index (κ1) is 35.0. The number of carbonyl (C=O) groups excluding carboxylic acids is 2. The number of aromatic nitrogens is 1. The van der Waals surface area contributed by atoms with Crippen LogP contribution in [0, 0.1) is 22.0 Å². The number of esters is 1. The summed E-state index contributed by atoms with van der Waals surface area (Å²) in [5, 5.41) is 21.9. The molecule has 1 aromatic carbocycles. The van der Waals surface area contributed by atoms with E-state index in [1.807, 2.05) is 25.3 Å². The molecule has 0 spiro atoms. The SMILES string of the molecule is CC[Si](CC)(CC)O[C@H](C)[C@H]1C(=O)N2C(C(=O)OCc3ccc([N+](=O)[O-])cc3)=C(S/C=C\c3scnc3COCCO)[C@H](C)[C@H]12. The lowest BCUT2D eigenvalue weighted by atomic mass is 9.79. The van der Waals surface area contributed by atoms with Gasteiger partial charge in [-0.3, -0.25) is 14.9 Å². The van der Waals surface area contributed by atoms with Gasteiger partial charge in [-0.05, 0) is 54.2 Å². The van der Waals surface area contributed by atoms with Gasteiger partial charge in [0, 0.05) is 23.0 Å². The Kier molecular flexibility index (Phi) is 12.1. The molecule has 1 aromatic heterocycles. The van der Waals surface area contributed by atoms with Crippen molar-refractivity contribution in [2.75, 3.05) is 13.2 Å². The molecule has 11 nitrogen and oxygen atoms in total. The van der Waals surface area contributed by atoms with Crippen LogP contribution >= 0.6 is 23.1 Å². The third-order valence-electron chi connectivity index (χ3n) is 8.74. The molecule has 0 radical (unpaired) electrons. The molecule has 4 rings (SSSR count). The molecule has 3 heterocycles. The summed E-state index contributed by atoms with van der Waals surface area (Å²) in [7, 11) is -1.97. The number of hydrogen-bond acceptors (Lipinski definition) is 11. The van der Waals surface area contributed by atoms with E-state index in [2.05, 4.69) is 25.8 Å². The number of aliphatic hydroxyl groups excluding tert-OH is 1. The molecular weight excluding hydrogens is 635 g/mol. The number of thiazole rings is 1. The van der Waals surface area contributed by atoms with Crippen LogP contribution in [0.1, 0.15) is 50.8 Å². The zero-order valence-corrected chi connectivity index (χ0v) is 28.9. The number of nitro benzene ring substituents is 1. The lowest BCUT2D eigenvalue weighted by molar-refractivity contribution is -0.384. The maximum Gasteiger partial charge on any atom is 0.356 e. The van der Waals surface area contributed by atoms with Gasteiger partial charge in [0.15, 0.2) is 8.32 Å². The third-order valence-corrected chi connectivity index (χ3v) is 15.4. The van der Waals surface area contributed by atoms with E-state index >= 15 is 0 Å². The first-order valence-corrected chi connectivity index (χ1v) is 19.5. The quantitative estimate of drug-likeness (QED) is 0.0522. The predicted octanol–water partition coefficient (Wildman–Crippen LogP) is 6.11. The number of fused-ring (bicyclic) bond motifs is 1. The Morgan fingerprint density at radius 1 is 1.22 bits per heavy atom. The number of thioether (sulfide) groups is 1. The third kappa shape index (κ3) is 7.58. The van der Waals surface area contributed by atoms with Crippen LogP contribution in [0.5, 0.6) is 0 Å². The molecule has 0 bridgehead atoms. The molecule has 1 amide bonds. The van der Waals surface area contributed by atoms with Gasteiger partial charge in [0.05, 0.1) is 58.9 Å². The molecule has 2 aliphatic heterocycles. The summed E-state index contributed by atoms with van der Waals surface area (Å²) in [6.07, 6.45) is 1.63. The Morgan fingerprint density at radius 3 is 2.53 bits per heavy atom. The average molecular weight is 676 g/mol. The highest BCUT2D eigenvalue weighted by Crippen LogP contribution is 2.52. The number of amides is 1. The number of rotatable bonds is 17. The highest BCUT2D eigenvalue weighted by atomic mass is 32.2. The molecule has 0 unspecified atom stereocenters. The number of hydrogen-bond donors (Lipinski definition) is 1. The van der Waals surface area contributed by atoms with E-state index in [-0.39, 0.29) is 67.7 Å². The average Bonchev–Trinajstić information content (AvgIpc) is 3.58. The Labute approximate surface area is 272 Å². The highest BCUT2D eigenvalue weighted by molar-refractivity contribution is 8.06. The molecule has 0 aliphatic carbocycles. The van der Waals surface area contributed by atoms with Crippen molar-refractivity contribution in [2.45, 2.75) is 78.1 Å². The molecule has 244 valence electrons. The summed E-state index contributed by atoms with van der Waals surface area (Å²) >= 11 is 2.83. The van der Waals surface area contributed by atoms with Crippen molar-refractivity contribution in [2.24, 2.45) is 11.8 Å². The molecule has 1 N–H and O–H groups in total. The van der Waals surface area contributed by atoms with Gasteiger partial charge < -0.3 is 23.9 Å². The summed E-state index contributed by atoms with van der Waals surface area (Å²) < 4.78 is 17.8. The Morgan fingerprint density at radius 2 is 1.91 bits per heavy atom.